The second kappa shape index (κ2) is 10.9. The number of esters is 2. The molecular formula is C21H17BF6O7S. The molecule has 0 unspecified atom stereocenters. The van der Waals surface area contributed by atoms with E-state index in [9.17, 15) is 44.3 Å². The van der Waals surface area contributed by atoms with Crippen LogP contribution < -0.4 is 0 Å². The number of carbonyl (C=O) groups is 2. The van der Waals surface area contributed by atoms with Crippen molar-refractivity contribution in [2.75, 3.05) is 5.75 Å². The lowest BCUT2D eigenvalue weighted by Crippen LogP contribution is -2.63. The van der Waals surface area contributed by atoms with E-state index >= 15 is 0 Å². The number of halogens is 6. The highest BCUT2D eigenvalue weighted by Gasteiger charge is 2.76. The van der Waals surface area contributed by atoms with Gasteiger partial charge in [0.15, 0.2) is 0 Å². The van der Waals surface area contributed by atoms with E-state index in [4.69, 9.17) is 17.1 Å². The molecule has 0 aromatic heterocycles. The Hall–Kier alpha value is -3.07. The lowest BCUT2D eigenvalue weighted by Gasteiger charge is -2.35. The minimum Gasteiger partial charge on any atom is -0.461 e. The first kappa shape index (κ1) is 29.2. The van der Waals surface area contributed by atoms with Gasteiger partial charge in [-0.25, -0.2) is 4.79 Å². The molecule has 1 N–H and O–H groups in total. The van der Waals surface area contributed by atoms with E-state index in [1.54, 1.807) is 30.3 Å². The van der Waals surface area contributed by atoms with Gasteiger partial charge in [0.2, 0.25) is 0 Å². The zero-order valence-electron chi connectivity index (χ0n) is 18.1. The summed E-state index contributed by atoms with van der Waals surface area (Å²) < 4.78 is 120. The van der Waals surface area contributed by atoms with Crippen LogP contribution in [0.1, 0.15) is 27.0 Å². The van der Waals surface area contributed by atoms with Gasteiger partial charge in [0.1, 0.15) is 12.4 Å². The van der Waals surface area contributed by atoms with E-state index in [1.807, 2.05) is 0 Å². The molecule has 2 aromatic rings. The summed E-state index contributed by atoms with van der Waals surface area (Å²) in [5, 5.41) is 0. The van der Waals surface area contributed by atoms with Gasteiger partial charge in [0.05, 0.1) is 19.8 Å². The van der Waals surface area contributed by atoms with Crippen LogP contribution in [-0.2, 0) is 43.7 Å². The molecule has 2 aromatic carbocycles. The monoisotopic (exact) mass is 538 g/mol. The van der Waals surface area contributed by atoms with Gasteiger partial charge in [0.25, 0.3) is 10.1 Å². The molecule has 0 aliphatic heterocycles. The molecule has 194 valence electrons. The first-order valence-corrected chi connectivity index (χ1v) is 11.4. The Balaban J connectivity index is 2.29. The van der Waals surface area contributed by atoms with E-state index < -0.39 is 51.3 Å². The third-order valence-electron chi connectivity index (χ3n) is 4.81. The van der Waals surface area contributed by atoms with Crippen LogP contribution in [0.25, 0.3) is 0 Å². The zero-order chi connectivity index (χ0) is 27.4. The number of alkyl halides is 6. The van der Waals surface area contributed by atoms with E-state index in [-0.39, 0.29) is 30.5 Å². The van der Waals surface area contributed by atoms with Crippen molar-refractivity contribution < 1.29 is 58.4 Å². The predicted molar refractivity (Wildman–Crippen MR) is 113 cm³/mol. The predicted octanol–water partition coefficient (Wildman–Crippen LogP) is 3.55. The molecule has 15 heteroatoms. The molecule has 0 saturated carbocycles. The summed E-state index contributed by atoms with van der Waals surface area (Å²) in [6, 6.07) is 11.2. The SMILES string of the molecule is [B]Cc1cc(C(=O)OC(CS(=O)(=O)O)(C(F)(F)F)C(F)(F)F)ccc1CC(=O)OCc1ccccc1. The third-order valence-corrected chi connectivity index (χ3v) is 5.58. The molecule has 7 nitrogen and oxygen atoms in total. The van der Waals surface area contributed by atoms with Crippen LogP contribution in [-0.4, -0.2) is 56.5 Å². The van der Waals surface area contributed by atoms with Crippen molar-refractivity contribution in [3.05, 3.63) is 70.8 Å². The maximum atomic E-state index is 13.4. The lowest BCUT2D eigenvalue weighted by atomic mass is 9.90. The van der Waals surface area contributed by atoms with Crippen LogP contribution in [0.3, 0.4) is 0 Å². The van der Waals surface area contributed by atoms with Crippen LogP contribution in [0.15, 0.2) is 48.5 Å². The summed E-state index contributed by atoms with van der Waals surface area (Å²) in [7, 11) is -0.390. The molecule has 0 saturated heterocycles. The fourth-order valence-corrected chi connectivity index (χ4v) is 3.90. The number of hydrogen-bond acceptors (Lipinski definition) is 6. The van der Waals surface area contributed by atoms with Crippen molar-refractivity contribution >= 4 is 29.9 Å². The van der Waals surface area contributed by atoms with E-state index in [0.717, 1.165) is 18.2 Å². The highest BCUT2D eigenvalue weighted by atomic mass is 32.2. The molecule has 0 aliphatic carbocycles. The fourth-order valence-electron chi connectivity index (χ4n) is 3.00. The second-order valence-corrected chi connectivity index (χ2v) is 8.90. The minimum absolute atomic E-state index is 0.000471. The summed E-state index contributed by atoms with van der Waals surface area (Å²) in [5.74, 6) is -5.93. The summed E-state index contributed by atoms with van der Waals surface area (Å²) in [4.78, 5) is 24.4. The fraction of sp³-hybridized carbons (Fsp3) is 0.333. The Kier molecular flexibility index (Phi) is 8.84. The van der Waals surface area contributed by atoms with E-state index in [2.05, 4.69) is 4.74 Å². The highest BCUT2D eigenvalue weighted by molar-refractivity contribution is 7.85. The van der Waals surface area contributed by atoms with Gasteiger partial charge in [-0.2, -0.15) is 34.8 Å². The standard InChI is InChI=1S/C21H17BF6O7S/c22-10-16-8-15(7-6-14(16)9-17(29)34-11-13-4-2-1-3-5-13)18(30)35-19(20(23,24)25,21(26,27)28)12-36(31,32)33/h1-8H,9-12H2,(H,31,32,33). The molecule has 2 radical (unpaired) electrons. The molecule has 2 rings (SSSR count). The van der Waals surface area contributed by atoms with Crippen molar-refractivity contribution in [3.8, 4) is 0 Å². The Morgan fingerprint density at radius 2 is 1.50 bits per heavy atom. The van der Waals surface area contributed by atoms with Gasteiger partial charge in [-0.15, -0.1) is 0 Å². The number of rotatable bonds is 9. The topological polar surface area (TPSA) is 107 Å². The third kappa shape index (κ3) is 7.23. The van der Waals surface area contributed by atoms with Crippen LogP contribution in [0.4, 0.5) is 26.3 Å². The normalized spacial score (nSPS) is 12.8. The highest BCUT2D eigenvalue weighted by Crippen LogP contribution is 2.47. The van der Waals surface area contributed by atoms with Crippen molar-refractivity contribution in [1.82, 2.24) is 0 Å². The van der Waals surface area contributed by atoms with Crippen LogP contribution in [0.2, 0.25) is 0 Å². The molecule has 36 heavy (non-hydrogen) atoms. The first-order chi connectivity index (χ1) is 16.5. The summed E-state index contributed by atoms with van der Waals surface area (Å²) in [6.07, 6.45) is -13.7. The van der Waals surface area contributed by atoms with Crippen LogP contribution in [0, 0.1) is 0 Å². The average Bonchev–Trinajstić information content (AvgIpc) is 2.75. The van der Waals surface area contributed by atoms with Crippen molar-refractivity contribution in [2.24, 2.45) is 0 Å². The smallest absolute Gasteiger partial charge is 0.438 e. The van der Waals surface area contributed by atoms with Gasteiger partial charge in [-0.05, 0) is 23.3 Å². The number of benzene rings is 2. The molecule has 0 heterocycles. The molecule has 0 bridgehead atoms. The first-order valence-electron chi connectivity index (χ1n) is 9.82. The van der Waals surface area contributed by atoms with Gasteiger partial charge in [-0.1, -0.05) is 48.3 Å². The number of carbonyl (C=O) groups excluding carboxylic acids is 2. The molecule has 0 fully saturated rings. The summed E-state index contributed by atoms with van der Waals surface area (Å²) >= 11 is 0. The lowest BCUT2D eigenvalue weighted by molar-refractivity contribution is -0.356. The van der Waals surface area contributed by atoms with E-state index in [0.29, 0.717) is 5.56 Å². The quantitative estimate of drug-likeness (QED) is 0.225. The molecule has 0 spiro atoms. The van der Waals surface area contributed by atoms with Gasteiger partial charge < -0.3 is 9.47 Å². The largest absolute Gasteiger partial charge is 0.461 e. The molecule has 0 aliphatic rings. The van der Waals surface area contributed by atoms with Crippen molar-refractivity contribution in [2.45, 2.75) is 37.3 Å². The van der Waals surface area contributed by atoms with Crippen molar-refractivity contribution in [1.29, 1.82) is 0 Å². The minimum atomic E-state index is -6.46. The Labute approximate surface area is 202 Å². The van der Waals surface area contributed by atoms with Crippen LogP contribution in [0.5, 0.6) is 0 Å². The Morgan fingerprint density at radius 1 is 0.917 bits per heavy atom. The summed E-state index contributed by atoms with van der Waals surface area (Å²) in [5.41, 5.74) is -5.53. The van der Waals surface area contributed by atoms with Gasteiger partial charge >= 0.3 is 29.9 Å². The zero-order valence-corrected chi connectivity index (χ0v) is 18.9. The maximum Gasteiger partial charge on any atom is 0.438 e. The summed E-state index contributed by atoms with van der Waals surface area (Å²) in [6.45, 7) is -0.0627. The van der Waals surface area contributed by atoms with Crippen LogP contribution >= 0.6 is 0 Å². The molecule has 0 amide bonds. The number of ether oxygens (including phenoxy) is 2. The van der Waals surface area contributed by atoms with E-state index in [1.165, 1.54) is 0 Å². The Morgan fingerprint density at radius 3 is 2.00 bits per heavy atom. The maximum absolute atomic E-state index is 13.4. The molecule has 0 atom stereocenters. The number of hydrogen-bond donors (Lipinski definition) is 1. The van der Waals surface area contributed by atoms with Gasteiger partial charge in [-0.3, -0.25) is 9.35 Å². The average molecular weight is 538 g/mol. The Bertz CT molecular complexity index is 1180. The van der Waals surface area contributed by atoms with Gasteiger partial charge in [0, 0.05) is 0 Å². The molecular weight excluding hydrogens is 521 g/mol. The van der Waals surface area contributed by atoms with Crippen molar-refractivity contribution in [3.63, 3.8) is 0 Å². The second-order valence-electron chi connectivity index (χ2n) is 7.45.